The standard InChI is InChI=1S/C86H110O10/c1-9-69-33-41-75(42-34-69)87-53-23-19-15-11-13-17-21-25-55-93-81-63-71(65-83(67-81)95-61-29-59-91-77-45-37-73(38-46-77)85(3,4)5)31-27-57-89-79-49-51-80(52-50-79)90-58-28-32-72-64-82(68-84(66-72)96-62-30-60-92-78-47-39-74(40-48-78)86(6,7)8)94-56-26-22-18-14-12-16-20-24-54-88-76-43-35-70(10-2)36-44-76/h1-2,33-52,63-68H,11-32,53-62H2,3-8H3. The second kappa shape index (κ2) is 43.0. The summed E-state index contributed by atoms with van der Waals surface area (Å²) in [6, 6.07) is 52.8. The minimum Gasteiger partial charge on any atom is -0.494 e. The van der Waals surface area contributed by atoms with Crippen molar-refractivity contribution in [2.24, 2.45) is 0 Å². The van der Waals surface area contributed by atoms with E-state index in [1.54, 1.807) is 0 Å². The molecule has 0 N–H and O–H groups in total. The summed E-state index contributed by atoms with van der Waals surface area (Å²) < 4.78 is 61.8. The lowest BCUT2D eigenvalue weighted by Gasteiger charge is -2.19. The average molecular weight is 1300 g/mol. The highest BCUT2D eigenvalue weighted by Gasteiger charge is 2.15. The van der Waals surface area contributed by atoms with Crippen molar-refractivity contribution in [1.82, 2.24) is 0 Å². The Bertz CT molecular complexity index is 3080. The molecule has 0 spiro atoms. The summed E-state index contributed by atoms with van der Waals surface area (Å²) in [7, 11) is 0. The van der Waals surface area contributed by atoms with Crippen LogP contribution < -0.4 is 47.4 Å². The molecule has 0 saturated carbocycles. The van der Waals surface area contributed by atoms with Crippen LogP contribution in [0, 0.1) is 24.7 Å². The van der Waals surface area contributed by atoms with Gasteiger partial charge in [-0.1, -0.05) is 155 Å². The summed E-state index contributed by atoms with van der Waals surface area (Å²) in [6.07, 6.45) is 34.4. The molecule has 7 rings (SSSR count). The van der Waals surface area contributed by atoms with Crippen molar-refractivity contribution in [1.29, 1.82) is 0 Å². The van der Waals surface area contributed by atoms with E-state index < -0.39 is 0 Å². The quantitative estimate of drug-likeness (QED) is 0.0271. The Labute approximate surface area is 577 Å². The normalized spacial score (nSPS) is 11.3. The van der Waals surface area contributed by atoms with E-state index in [-0.39, 0.29) is 10.8 Å². The Hall–Kier alpha value is -8.34. The highest BCUT2D eigenvalue weighted by atomic mass is 16.5. The molecule has 0 bridgehead atoms. The number of aryl methyl sites for hydroxylation is 2. The van der Waals surface area contributed by atoms with Gasteiger partial charge in [-0.3, -0.25) is 0 Å². The molecule has 96 heavy (non-hydrogen) atoms. The van der Waals surface area contributed by atoms with Gasteiger partial charge >= 0.3 is 0 Å². The third kappa shape index (κ3) is 30.6. The van der Waals surface area contributed by atoms with Gasteiger partial charge in [-0.05, 0) is 206 Å². The van der Waals surface area contributed by atoms with Crippen LogP contribution in [0.1, 0.15) is 203 Å². The number of rotatable bonds is 48. The lowest BCUT2D eigenvalue weighted by atomic mass is 9.87. The van der Waals surface area contributed by atoms with Crippen LogP contribution in [0.2, 0.25) is 0 Å². The van der Waals surface area contributed by atoms with Gasteiger partial charge in [-0.25, -0.2) is 0 Å². The van der Waals surface area contributed by atoms with Crippen molar-refractivity contribution in [2.75, 3.05) is 66.1 Å². The number of ether oxygens (including phenoxy) is 10. The van der Waals surface area contributed by atoms with Crippen LogP contribution in [0.5, 0.6) is 57.5 Å². The molecule has 0 aliphatic carbocycles. The van der Waals surface area contributed by atoms with Crippen molar-refractivity contribution in [2.45, 2.75) is 194 Å². The molecular formula is C86H110O10. The van der Waals surface area contributed by atoms with Crippen molar-refractivity contribution in [3.63, 3.8) is 0 Å². The Balaban J connectivity index is 0.804. The molecule has 0 aliphatic rings. The lowest BCUT2D eigenvalue weighted by Crippen LogP contribution is -2.10. The fourth-order valence-electron chi connectivity index (χ4n) is 11.0. The molecule has 0 heterocycles. The van der Waals surface area contributed by atoms with Crippen LogP contribution >= 0.6 is 0 Å². The first-order chi connectivity index (χ1) is 46.8. The molecule has 514 valence electrons. The van der Waals surface area contributed by atoms with Gasteiger partial charge in [-0.15, -0.1) is 12.8 Å². The van der Waals surface area contributed by atoms with Gasteiger partial charge in [0.1, 0.15) is 57.5 Å². The molecule has 10 nitrogen and oxygen atoms in total. The topological polar surface area (TPSA) is 92.3 Å². The van der Waals surface area contributed by atoms with Crippen LogP contribution in [0.15, 0.2) is 158 Å². The van der Waals surface area contributed by atoms with Crippen LogP contribution in [-0.2, 0) is 23.7 Å². The molecule has 0 atom stereocenters. The largest absolute Gasteiger partial charge is 0.494 e. The van der Waals surface area contributed by atoms with Gasteiger partial charge in [0.15, 0.2) is 0 Å². The SMILES string of the molecule is C#Cc1ccc(OCCCCCCCCCCOc2cc(CCCOc3ccc(OCCCc4cc(OCCCCCCCCCCOc5ccc(C#C)cc5)cc(OCCCOc5ccc(C(C)(C)C)cc5)c4)cc3)cc(OCCCOc3ccc(C(C)(C)C)cc3)c2)cc1. The number of hydrogen-bond acceptors (Lipinski definition) is 10. The maximum absolute atomic E-state index is 6.38. The Kier molecular flexibility index (Phi) is 33.6. The predicted molar refractivity (Wildman–Crippen MR) is 393 cm³/mol. The van der Waals surface area contributed by atoms with E-state index in [0.29, 0.717) is 52.9 Å². The van der Waals surface area contributed by atoms with Gasteiger partial charge in [0, 0.05) is 36.1 Å². The molecule has 0 aromatic heterocycles. The summed E-state index contributed by atoms with van der Waals surface area (Å²) in [5, 5.41) is 0. The van der Waals surface area contributed by atoms with E-state index in [2.05, 4.69) is 126 Å². The first-order valence-corrected chi connectivity index (χ1v) is 35.8. The van der Waals surface area contributed by atoms with Gasteiger partial charge in [0.25, 0.3) is 0 Å². The van der Waals surface area contributed by atoms with E-state index in [0.717, 1.165) is 170 Å². The van der Waals surface area contributed by atoms with Crippen molar-refractivity contribution >= 4 is 0 Å². The molecule has 7 aromatic carbocycles. The lowest BCUT2D eigenvalue weighted by molar-refractivity contribution is 0.245. The van der Waals surface area contributed by atoms with Crippen LogP contribution in [0.4, 0.5) is 0 Å². The smallest absolute Gasteiger partial charge is 0.123 e. The molecule has 7 aromatic rings. The zero-order valence-corrected chi connectivity index (χ0v) is 58.9. The van der Waals surface area contributed by atoms with Gasteiger partial charge in [0.05, 0.1) is 66.1 Å². The highest BCUT2D eigenvalue weighted by molar-refractivity contribution is 5.41. The summed E-state index contributed by atoms with van der Waals surface area (Å²) in [4.78, 5) is 0. The molecule has 0 aliphatic heterocycles. The van der Waals surface area contributed by atoms with E-state index in [4.69, 9.17) is 60.2 Å². The summed E-state index contributed by atoms with van der Waals surface area (Å²) in [6.45, 7) is 19.5. The third-order valence-corrected chi connectivity index (χ3v) is 16.7. The molecule has 0 fully saturated rings. The average Bonchev–Trinajstić information content (AvgIpc) is 1.58. The van der Waals surface area contributed by atoms with E-state index >= 15 is 0 Å². The minimum absolute atomic E-state index is 0.103. The number of benzene rings is 7. The third-order valence-electron chi connectivity index (χ3n) is 16.7. The Morgan fingerprint density at radius 3 is 0.667 bits per heavy atom. The molecular weight excluding hydrogens is 1190 g/mol. The first kappa shape index (κ1) is 75.0. The number of terminal acetylenes is 2. The van der Waals surface area contributed by atoms with E-state index in [1.807, 2.05) is 84.9 Å². The summed E-state index contributed by atoms with van der Waals surface area (Å²) >= 11 is 0. The fourth-order valence-corrected chi connectivity index (χ4v) is 11.0. The fraction of sp³-hybridized carbons (Fsp3) is 0.465. The van der Waals surface area contributed by atoms with Gasteiger partial charge in [-0.2, -0.15) is 0 Å². The monoisotopic (exact) mass is 1300 g/mol. The van der Waals surface area contributed by atoms with E-state index in [9.17, 15) is 0 Å². The zero-order chi connectivity index (χ0) is 67.7. The molecule has 0 saturated heterocycles. The highest BCUT2D eigenvalue weighted by Crippen LogP contribution is 2.30. The Morgan fingerprint density at radius 2 is 0.427 bits per heavy atom. The van der Waals surface area contributed by atoms with E-state index in [1.165, 1.54) is 75.3 Å². The maximum Gasteiger partial charge on any atom is 0.123 e. The summed E-state index contributed by atoms with van der Waals surface area (Å²) in [5.41, 5.74) is 6.85. The molecule has 0 amide bonds. The van der Waals surface area contributed by atoms with Crippen LogP contribution in [-0.4, -0.2) is 66.1 Å². The molecule has 0 unspecified atom stereocenters. The molecule has 0 radical (unpaired) electrons. The van der Waals surface area contributed by atoms with Crippen molar-refractivity contribution in [3.8, 4) is 82.2 Å². The van der Waals surface area contributed by atoms with Gasteiger partial charge in [0.2, 0.25) is 0 Å². The van der Waals surface area contributed by atoms with Crippen molar-refractivity contribution in [3.05, 3.63) is 191 Å². The van der Waals surface area contributed by atoms with Crippen molar-refractivity contribution < 1.29 is 47.4 Å². The first-order valence-electron chi connectivity index (χ1n) is 35.8. The Morgan fingerprint density at radius 1 is 0.229 bits per heavy atom. The number of unbranched alkanes of at least 4 members (excludes halogenated alkanes) is 14. The predicted octanol–water partition coefficient (Wildman–Crippen LogP) is 21.1. The molecule has 10 heteroatoms. The second-order valence-corrected chi connectivity index (χ2v) is 27.0. The van der Waals surface area contributed by atoms with Crippen LogP contribution in [0.25, 0.3) is 0 Å². The minimum atomic E-state index is 0.103. The maximum atomic E-state index is 6.38. The summed E-state index contributed by atoms with van der Waals surface area (Å²) in [5.74, 6) is 13.7. The number of hydrogen-bond donors (Lipinski definition) is 0. The van der Waals surface area contributed by atoms with Gasteiger partial charge < -0.3 is 47.4 Å². The zero-order valence-electron chi connectivity index (χ0n) is 58.9. The second-order valence-electron chi connectivity index (χ2n) is 27.0. The van der Waals surface area contributed by atoms with Crippen LogP contribution in [0.3, 0.4) is 0 Å².